The fourth-order valence-corrected chi connectivity index (χ4v) is 3.37. The molecule has 0 aromatic heterocycles. The molecular formula is C18H26N2O3. The molecule has 1 fully saturated rings. The van der Waals surface area contributed by atoms with Gasteiger partial charge in [0.2, 0.25) is 0 Å². The zero-order chi connectivity index (χ0) is 17.0. The molecule has 0 spiro atoms. The zero-order valence-corrected chi connectivity index (χ0v) is 14.6. The highest BCUT2D eigenvalue weighted by molar-refractivity contribution is 5.96. The maximum Gasteiger partial charge on any atom is 0.271 e. The van der Waals surface area contributed by atoms with Gasteiger partial charge in [-0.05, 0) is 48.8 Å². The number of carbonyl (C=O) groups excluding carboxylic acids is 1. The first-order valence-electron chi connectivity index (χ1n) is 7.92. The van der Waals surface area contributed by atoms with Crippen LogP contribution in [0.25, 0.3) is 0 Å². The average Bonchev–Trinajstić information content (AvgIpc) is 2.50. The number of benzene rings is 1. The highest BCUT2D eigenvalue weighted by atomic mass is 16.5. The van der Waals surface area contributed by atoms with Gasteiger partial charge in [0.25, 0.3) is 5.91 Å². The summed E-state index contributed by atoms with van der Waals surface area (Å²) in [6.45, 7) is 6.72. The summed E-state index contributed by atoms with van der Waals surface area (Å²) in [6, 6.07) is 5.07. The number of carbonyl (C=O) groups is 1. The molecule has 23 heavy (non-hydrogen) atoms. The van der Waals surface area contributed by atoms with Gasteiger partial charge in [0, 0.05) is 11.3 Å². The minimum atomic E-state index is -0.241. The lowest BCUT2D eigenvalue weighted by molar-refractivity contribution is 0.0953. The Kier molecular flexibility index (Phi) is 5.29. The number of methoxy groups -OCH3 is 2. The van der Waals surface area contributed by atoms with Crippen LogP contribution in [0.5, 0.6) is 11.5 Å². The monoisotopic (exact) mass is 318 g/mol. The summed E-state index contributed by atoms with van der Waals surface area (Å²) in [6.07, 6.45) is 3.05. The van der Waals surface area contributed by atoms with E-state index in [9.17, 15) is 4.79 Å². The first-order valence-corrected chi connectivity index (χ1v) is 7.92. The Balaban J connectivity index is 2.08. The van der Waals surface area contributed by atoms with Crippen LogP contribution in [0.1, 0.15) is 50.4 Å². The molecule has 5 heteroatoms. The van der Waals surface area contributed by atoms with Gasteiger partial charge in [-0.25, -0.2) is 5.43 Å². The lowest BCUT2D eigenvalue weighted by Crippen LogP contribution is -2.30. The molecule has 126 valence electrons. The number of nitrogens with zero attached hydrogens (tertiary/aromatic N) is 1. The molecular weight excluding hydrogens is 292 g/mol. The maximum atomic E-state index is 12.3. The highest BCUT2D eigenvalue weighted by Gasteiger charge is 2.29. The summed E-state index contributed by atoms with van der Waals surface area (Å²) in [5.74, 6) is 1.48. The third-order valence-corrected chi connectivity index (χ3v) is 4.13. The van der Waals surface area contributed by atoms with E-state index < -0.39 is 0 Å². The predicted octanol–water partition coefficient (Wildman–Crippen LogP) is 3.64. The molecule has 1 aliphatic rings. The van der Waals surface area contributed by atoms with Crippen LogP contribution in [-0.2, 0) is 0 Å². The number of hydrogen-bond donors (Lipinski definition) is 1. The molecule has 0 bridgehead atoms. The Morgan fingerprint density at radius 1 is 1.26 bits per heavy atom. The summed E-state index contributed by atoms with van der Waals surface area (Å²) in [5, 5.41) is 4.35. The second-order valence-electron chi connectivity index (χ2n) is 7.04. The molecule has 1 atom stereocenters. The molecule has 5 nitrogen and oxygen atoms in total. The quantitative estimate of drug-likeness (QED) is 0.862. The number of amides is 1. The molecule has 1 unspecified atom stereocenters. The van der Waals surface area contributed by atoms with Crippen LogP contribution < -0.4 is 14.9 Å². The van der Waals surface area contributed by atoms with Crippen molar-refractivity contribution in [3.8, 4) is 11.5 Å². The van der Waals surface area contributed by atoms with Crippen molar-refractivity contribution >= 4 is 11.6 Å². The largest absolute Gasteiger partial charge is 0.493 e. The van der Waals surface area contributed by atoms with E-state index in [-0.39, 0.29) is 11.3 Å². The van der Waals surface area contributed by atoms with Crippen LogP contribution in [0.2, 0.25) is 0 Å². The topological polar surface area (TPSA) is 59.9 Å². The molecule has 0 aliphatic heterocycles. The molecule has 0 heterocycles. The average molecular weight is 318 g/mol. The standard InChI is InChI=1S/C18H26N2O3/c1-12-8-14(11-18(2,3)10-12)19-20-17(21)13-6-7-15(22-4)16(9-13)23-5/h6-7,9,12H,8,10-11H2,1-5H3,(H,20,21). The van der Waals surface area contributed by atoms with E-state index in [1.807, 2.05) is 0 Å². The SMILES string of the molecule is COc1ccc(C(=O)NN=C2CC(C)CC(C)(C)C2)cc1OC. The Bertz CT molecular complexity index is 608. The van der Waals surface area contributed by atoms with Crippen molar-refractivity contribution in [1.82, 2.24) is 5.43 Å². The lowest BCUT2D eigenvalue weighted by Gasteiger charge is -2.34. The zero-order valence-electron chi connectivity index (χ0n) is 14.6. The molecule has 1 aromatic carbocycles. The fourth-order valence-electron chi connectivity index (χ4n) is 3.37. The summed E-state index contributed by atoms with van der Waals surface area (Å²) in [5.41, 5.74) is 4.46. The lowest BCUT2D eigenvalue weighted by atomic mass is 9.72. The number of hydrazone groups is 1. The normalized spacial score (nSPS) is 21.8. The smallest absolute Gasteiger partial charge is 0.271 e. The van der Waals surface area contributed by atoms with Crippen LogP contribution in [-0.4, -0.2) is 25.8 Å². The fraction of sp³-hybridized carbons (Fsp3) is 0.556. The summed E-state index contributed by atoms with van der Waals surface area (Å²) in [4.78, 5) is 12.3. The highest BCUT2D eigenvalue weighted by Crippen LogP contribution is 2.36. The summed E-state index contributed by atoms with van der Waals surface area (Å²) >= 11 is 0. The second-order valence-corrected chi connectivity index (χ2v) is 7.04. The maximum absolute atomic E-state index is 12.3. The Morgan fingerprint density at radius 2 is 1.96 bits per heavy atom. The molecule has 1 N–H and O–H groups in total. The Labute approximate surface area is 138 Å². The van der Waals surface area contributed by atoms with Crippen molar-refractivity contribution in [3.63, 3.8) is 0 Å². The van der Waals surface area contributed by atoms with E-state index in [0.717, 1.165) is 18.6 Å². The van der Waals surface area contributed by atoms with Crippen molar-refractivity contribution < 1.29 is 14.3 Å². The van der Waals surface area contributed by atoms with Crippen LogP contribution in [0.3, 0.4) is 0 Å². The van der Waals surface area contributed by atoms with Gasteiger partial charge in [0.15, 0.2) is 11.5 Å². The van der Waals surface area contributed by atoms with E-state index >= 15 is 0 Å². The van der Waals surface area contributed by atoms with Gasteiger partial charge >= 0.3 is 0 Å². The van der Waals surface area contributed by atoms with Crippen LogP contribution in [0, 0.1) is 11.3 Å². The number of nitrogens with one attached hydrogen (secondary N) is 1. The molecule has 2 rings (SSSR count). The Hall–Kier alpha value is -2.04. The predicted molar refractivity (Wildman–Crippen MR) is 91.2 cm³/mol. The van der Waals surface area contributed by atoms with E-state index in [1.165, 1.54) is 6.42 Å². The van der Waals surface area contributed by atoms with E-state index in [2.05, 4.69) is 31.3 Å². The van der Waals surface area contributed by atoms with Gasteiger partial charge in [-0.15, -0.1) is 0 Å². The van der Waals surface area contributed by atoms with Crippen molar-refractivity contribution in [3.05, 3.63) is 23.8 Å². The van der Waals surface area contributed by atoms with E-state index in [1.54, 1.807) is 32.4 Å². The van der Waals surface area contributed by atoms with E-state index in [4.69, 9.17) is 9.47 Å². The van der Waals surface area contributed by atoms with Gasteiger partial charge in [0.1, 0.15) is 0 Å². The molecule has 1 aliphatic carbocycles. The molecule has 1 amide bonds. The van der Waals surface area contributed by atoms with Crippen molar-refractivity contribution in [1.29, 1.82) is 0 Å². The third-order valence-electron chi connectivity index (χ3n) is 4.13. The first kappa shape index (κ1) is 17.3. The van der Waals surface area contributed by atoms with Gasteiger partial charge in [-0.2, -0.15) is 5.10 Å². The van der Waals surface area contributed by atoms with Gasteiger partial charge in [-0.1, -0.05) is 20.8 Å². The molecule has 0 radical (unpaired) electrons. The number of rotatable bonds is 4. The molecule has 1 aromatic rings. The summed E-state index contributed by atoms with van der Waals surface area (Å²) in [7, 11) is 3.11. The second kappa shape index (κ2) is 7.02. The van der Waals surface area contributed by atoms with Gasteiger partial charge in [0.05, 0.1) is 14.2 Å². The van der Waals surface area contributed by atoms with Crippen LogP contribution in [0.15, 0.2) is 23.3 Å². The van der Waals surface area contributed by atoms with E-state index in [0.29, 0.717) is 23.0 Å². The number of hydrogen-bond acceptors (Lipinski definition) is 4. The van der Waals surface area contributed by atoms with Gasteiger partial charge < -0.3 is 9.47 Å². The van der Waals surface area contributed by atoms with Crippen LogP contribution in [0.4, 0.5) is 0 Å². The minimum absolute atomic E-state index is 0.241. The minimum Gasteiger partial charge on any atom is -0.493 e. The van der Waals surface area contributed by atoms with Gasteiger partial charge in [-0.3, -0.25) is 4.79 Å². The van der Waals surface area contributed by atoms with Crippen molar-refractivity contribution in [2.45, 2.75) is 40.0 Å². The summed E-state index contributed by atoms with van der Waals surface area (Å²) < 4.78 is 10.4. The van der Waals surface area contributed by atoms with Crippen molar-refractivity contribution in [2.24, 2.45) is 16.4 Å². The van der Waals surface area contributed by atoms with Crippen LogP contribution >= 0.6 is 0 Å². The number of ether oxygens (including phenoxy) is 2. The third kappa shape index (κ3) is 4.47. The Morgan fingerprint density at radius 3 is 2.57 bits per heavy atom. The molecule has 1 saturated carbocycles. The molecule has 0 saturated heterocycles. The first-order chi connectivity index (χ1) is 10.8. The van der Waals surface area contributed by atoms with Crippen molar-refractivity contribution in [2.75, 3.05) is 14.2 Å².